The molecule has 6 heteroatoms. The van der Waals surface area contributed by atoms with E-state index in [0.717, 1.165) is 0 Å². The van der Waals surface area contributed by atoms with Gasteiger partial charge in [0.1, 0.15) is 11.5 Å². The Kier molecular flexibility index (Phi) is 4.90. The van der Waals surface area contributed by atoms with E-state index in [1.165, 1.54) is 29.2 Å². The predicted octanol–water partition coefficient (Wildman–Crippen LogP) is 3.61. The molecule has 27 heavy (non-hydrogen) atoms. The van der Waals surface area contributed by atoms with Gasteiger partial charge in [-0.05, 0) is 35.7 Å². The van der Waals surface area contributed by atoms with Crippen molar-refractivity contribution in [2.45, 2.75) is 26.3 Å². The second kappa shape index (κ2) is 7.15. The van der Waals surface area contributed by atoms with E-state index in [2.05, 4.69) is 0 Å². The molecule has 1 atom stereocenters. The van der Waals surface area contributed by atoms with Gasteiger partial charge in [0.25, 0.3) is 5.91 Å². The highest BCUT2D eigenvalue weighted by Gasteiger charge is 2.45. The number of rotatable bonds is 5. The standard InChI is InChI=1S/C21H21NO5/c1-12(2)10-17(25)18-19(13-6-5-7-14(23)11-13)22(21(27)20(18)26)15-8-3-4-9-16(15)24/h3-9,11-12,19,23-24,26H,10H2,1-2H3. The number of nitrogens with zero attached hydrogens (tertiary/aromatic N) is 1. The first-order valence-electron chi connectivity index (χ1n) is 8.68. The topological polar surface area (TPSA) is 98.1 Å². The van der Waals surface area contributed by atoms with Crippen LogP contribution >= 0.6 is 0 Å². The second-order valence-corrected chi connectivity index (χ2v) is 6.94. The molecule has 1 amide bonds. The summed E-state index contributed by atoms with van der Waals surface area (Å²) < 4.78 is 0. The quantitative estimate of drug-likeness (QED) is 0.750. The number of aliphatic hydroxyl groups is 1. The maximum Gasteiger partial charge on any atom is 0.294 e. The zero-order valence-corrected chi connectivity index (χ0v) is 15.1. The van der Waals surface area contributed by atoms with Crippen molar-refractivity contribution in [1.29, 1.82) is 0 Å². The van der Waals surface area contributed by atoms with Crippen LogP contribution < -0.4 is 4.90 Å². The van der Waals surface area contributed by atoms with Crippen molar-refractivity contribution in [3.8, 4) is 11.5 Å². The SMILES string of the molecule is CC(C)CC(=O)C1=C(O)C(=O)N(c2ccccc2O)C1c1cccc(O)c1. The van der Waals surface area contributed by atoms with Gasteiger partial charge in [0.2, 0.25) is 0 Å². The van der Waals surface area contributed by atoms with Crippen molar-refractivity contribution in [3.63, 3.8) is 0 Å². The van der Waals surface area contributed by atoms with E-state index in [9.17, 15) is 24.9 Å². The summed E-state index contributed by atoms with van der Waals surface area (Å²) >= 11 is 0. The molecular formula is C21H21NO5. The Labute approximate surface area is 157 Å². The molecule has 3 N–H and O–H groups in total. The molecule has 1 aliphatic rings. The number of carbonyl (C=O) groups is 2. The smallest absolute Gasteiger partial charge is 0.294 e. The lowest BCUT2D eigenvalue weighted by molar-refractivity contribution is -0.118. The zero-order valence-electron chi connectivity index (χ0n) is 15.1. The molecular weight excluding hydrogens is 346 g/mol. The fourth-order valence-electron chi connectivity index (χ4n) is 3.30. The highest BCUT2D eigenvalue weighted by atomic mass is 16.3. The maximum absolute atomic E-state index is 12.8. The van der Waals surface area contributed by atoms with E-state index < -0.39 is 17.7 Å². The van der Waals surface area contributed by atoms with Crippen molar-refractivity contribution in [2.75, 3.05) is 4.90 Å². The van der Waals surface area contributed by atoms with E-state index in [-0.39, 0.29) is 40.9 Å². The summed E-state index contributed by atoms with van der Waals surface area (Å²) in [6.45, 7) is 3.74. The number of benzene rings is 2. The van der Waals surface area contributed by atoms with Crippen LogP contribution in [-0.2, 0) is 9.59 Å². The van der Waals surface area contributed by atoms with Crippen molar-refractivity contribution >= 4 is 17.4 Å². The first-order chi connectivity index (χ1) is 12.8. The minimum atomic E-state index is -0.941. The maximum atomic E-state index is 12.8. The van der Waals surface area contributed by atoms with Crippen molar-refractivity contribution in [1.82, 2.24) is 0 Å². The van der Waals surface area contributed by atoms with Gasteiger partial charge < -0.3 is 15.3 Å². The van der Waals surface area contributed by atoms with Gasteiger partial charge in [-0.25, -0.2) is 0 Å². The van der Waals surface area contributed by atoms with Gasteiger partial charge in [0, 0.05) is 6.42 Å². The Hall–Kier alpha value is -3.28. The van der Waals surface area contributed by atoms with Gasteiger partial charge in [-0.1, -0.05) is 38.1 Å². The summed E-state index contributed by atoms with van der Waals surface area (Å²) in [5.41, 5.74) is 0.611. The van der Waals surface area contributed by atoms with Crippen LogP contribution in [0.4, 0.5) is 5.69 Å². The van der Waals surface area contributed by atoms with E-state index in [1.54, 1.807) is 24.3 Å². The molecule has 0 spiro atoms. The van der Waals surface area contributed by atoms with Crippen molar-refractivity contribution in [3.05, 3.63) is 65.4 Å². The summed E-state index contributed by atoms with van der Waals surface area (Å²) in [5, 5.41) is 30.6. The molecule has 0 radical (unpaired) electrons. The van der Waals surface area contributed by atoms with Crippen molar-refractivity contribution < 1.29 is 24.9 Å². The number of carbonyl (C=O) groups excluding carboxylic acids is 2. The number of amides is 1. The van der Waals surface area contributed by atoms with Gasteiger partial charge >= 0.3 is 0 Å². The molecule has 6 nitrogen and oxygen atoms in total. The average molecular weight is 367 g/mol. The molecule has 0 aromatic heterocycles. The number of phenolic OH excluding ortho intramolecular Hbond substituents is 2. The molecule has 0 saturated heterocycles. The van der Waals surface area contributed by atoms with Crippen LogP contribution in [0.15, 0.2) is 59.9 Å². The molecule has 0 aliphatic carbocycles. The van der Waals surface area contributed by atoms with Crippen LogP contribution in [0.3, 0.4) is 0 Å². The summed E-state index contributed by atoms with van der Waals surface area (Å²) in [7, 11) is 0. The number of aliphatic hydroxyl groups excluding tert-OH is 1. The molecule has 2 aromatic rings. The second-order valence-electron chi connectivity index (χ2n) is 6.94. The Morgan fingerprint density at radius 3 is 2.41 bits per heavy atom. The molecule has 140 valence electrons. The number of hydrogen-bond donors (Lipinski definition) is 3. The number of phenols is 2. The van der Waals surface area contributed by atoms with Gasteiger partial charge in [-0.15, -0.1) is 0 Å². The number of hydrogen-bond acceptors (Lipinski definition) is 5. The van der Waals surface area contributed by atoms with Crippen LogP contribution in [0.1, 0.15) is 31.9 Å². The summed E-state index contributed by atoms with van der Waals surface area (Å²) in [6, 6.07) is 11.4. The largest absolute Gasteiger partial charge is 0.508 e. The lowest BCUT2D eigenvalue weighted by Crippen LogP contribution is -2.31. The summed E-state index contributed by atoms with van der Waals surface area (Å²) in [5.74, 6) is -1.88. The molecule has 1 aliphatic heterocycles. The number of ketones is 1. The van der Waals surface area contributed by atoms with Crippen LogP contribution in [0.2, 0.25) is 0 Å². The monoisotopic (exact) mass is 367 g/mol. The first kappa shape index (κ1) is 18.5. The fourth-order valence-corrected chi connectivity index (χ4v) is 3.30. The van der Waals surface area contributed by atoms with Crippen LogP contribution in [0, 0.1) is 5.92 Å². The highest BCUT2D eigenvalue weighted by molar-refractivity contribution is 6.17. The lowest BCUT2D eigenvalue weighted by Gasteiger charge is -2.27. The Bertz CT molecular complexity index is 932. The molecule has 3 rings (SSSR count). The Morgan fingerprint density at radius 1 is 1.07 bits per heavy atom. The minimum Gasteiger partial charge on any atom is -0.508 e. The van der Waals surface area contributed by atoms with E-state index in [0.29, 0.717) is 5.56 Å². The van der Waals surface area contributed by atoms with Crippen molar-refractivity contribution in [2.24, 2.45) is 5.92 Å². The number of aromatic hydroxyl groups is 2. The third-order valence-corrected chi connectivity index (χ3v) is 4.43. The van der Waals surface area contributed by atoms with E-state index >= 15 is 0 Å². The Balaban J connectivity index is 2.19. The third-order valence-electron chi connectivity index (χ3n) is 4.43. The summed E-state index contributed by atoms with van der Waals surface area (Å²) in [6.07, 6.45) is 0.163. The lowest BCUT2D eigenvalue weighted by atomic mass is 9.92. The van der Waals surface area contributed by atoms with E-state index in [1.807, 2.05) is 13.8 Å². The number of Topliss-reactive ketones (excluding diaryl/α,β-unsaturated/α-hetero) is 1. The Morgan fingerprint density at radius 2 is 1.78 bits per heavy atom. The minimum absolute atomic E-state index is 0.0254. The first-order valence-corrected chi connectivity index (χ1v) is 8.68. The molecule has 1 unspecified atom stereocenters. The van der Waals surface area contributed by atoms with Crippen LogP contribution in [0.5, 0.6) is 11.5 Å². The van der Waals surface area contributed by atoms with E-state index in [4.69, 9.17) is 0 Å². The van der Waals surface area contributed by atoms with Gasteiger partial charge in [0.15, 0.2) is 11.5 Å². The fraction of sp³-hybridized carbons (Fsp3) is 0.238. The van der Waals surface area contributed by atoms with Gasteiger partial charge in [-0.3, -0.25) is 14.5 Å². The summed E-state index contributed by atoms with van der Waals surface area (Å²) in [4.78, 5) is 26.8. The van der Waals surface area contributed by atoms with Crippen LogP contribution in [0.25, 0.3) is 0 Å². The normalized spacial score (nSPS) is 17.1. The van der Waals surface area contributed by atoms with Crippen LogP contribution in [-0.4, -0.2) is 27.0 Å². The predicted molar refractivity (Wildman–Crippen MR) is 101 cm³/mol. The highest BCUT2D eigenvalue weighted by Crippen LogP contribution is 2.44. The molecule has 0 bridgehead atoms. The molecule has 0 fully saturated rings. The third kappa shape index (κ3) is 3.38. The zero-order chi connectivity index (χ0) is 19.7. The molecule has 0 saturated carbocycles. The molecule has 1 heterocycles. The number of para-hydroxylation sites is 2. The van der Waals surface area contributed by atoms with Gasteiger partial charge in [0.05, 0.1) is 17.3 Å². The van der Waals surface area contributed by atoms with Gasteiger partial charge in [-0.2, -0.15) is 0 Å². The molecule has 2 aromatic carbocycles. The average Bonchev–Trinajstić information content (AvgIpc) is 2.86. The number of anilines is 1.